The molecule has 0 bridgehead atoms. The van der Waals surface area contributed by atoms with E-state index in [1.54, 1.807) is 6.07 Å². The maximum Gasteiger partial charge on any atom is 0.363 e. The number of carbonyl (C=O) groups is 1. The van der Waals surface area contributed by atoms with E-state index < -0.39 is 43.0 Å². The molecule has 0 aliphatic heterocycles. The van der Waals surface area contributed by atoms with Crippen LogP contribution in [0.15, 0.2) is 28.2 Å². The van der Waals surface area contributed by atoms with Crippen molar-refractivity contribution in [1.82, 2.24) is 5.06 Å². The number of nitrogens with zero attached hydrogens (tertiary/aromatic N) is 3. The lowest BCUT2D eigenvalue weighted by Crippen LogP contribution is -2.51. The van der Waals surface area contributed by atoms with Crippen LogP contribution < -0.4 is 11.5 Å². The van der Waals surface area contributed by atoms with Crippen molar-refractivity contribution >= 4 is 41.1 Å². The third kappa shape index (κ3) is 11.8. The van der Waals surface area contributed by atoms with Gasteiger partial charge in [0.2, 0.25) is 11.9 Å². The lowest BCUT2D eigenvalue weighted by Gasteiger charge is -2.27. The zero-order chi connectivity index (χ0) is 28.0. The number of rotatable bonds is 14. The van der Waals surface area contributed by atoms with Crippen LogP contribution in [-0.2, 0) is 16.2 Å². The molecule has 0 spiro atoms. The number of aliphatic hydroxyl groups is 5. The second-order valence-corrected chi connectivity index (χ2v) is 9.16. The van der Waals surface area contributed by atoms with E-state index in [1.165, 1.54) is 18.6 Å². The van der Waals surface area contributed by atoms with Crippen molar-refractivity contribution in [1.29, 1.82) is 0 Å². The summed E-state index contributed by atoms with van der Waals surface area (Å²) < 4.78 is 0. The molecule has 0 amide bonds. The van der Waals surface area contributed by atoms with Gasteiger partial charge >= 0.3 is 5.97 Å². The Hall–Kier alpha value is -2.19. The number of aliphatic imine (C=N–C) groups is 2. The highest BCUT2D eigenvalue weighted by molar-refractivity contribution is 6.42. The number of unbranched alkanes of at least 4 members (excludes halogenated alkanes) is 5. The summed E-state index contributed by atoms with van der Waals surface area (Å²) in [4.78, 5) is 25.7. The first-order chi connectivity index (χ1) is 17.5. The third-order valence-corrected chi connectivity index (χ3v) is 6.02. The maximum atomic E-state index is 12.5. The van der Waals surface area contributed by atoms with Crippen LogP contribution in [0.4, 0.5) is 0 Å². The van der Waals surface area contributed by atoms with Crippen molar-refractivity contribution in [3.05, 3.63) is 33.8 Å². The summed E-state index contributed by atoms with van der Waals surface area (Å²) in [5, 5.41) is 49.5. The number of hydrogen-bond acceptors (Lipinski definition) is 8. The Kier molecular flexibility index (Phi) is 15.4. The molecule has 0 aromatic heterocycles. The van der Waals surface area contributed by atoms with Crippen molar-refractivity contribution in [2.75, 3.05) is 13.2 Å². The SMILES string of the molecule is CCCCCCCCN=C(N)/N=C(\N)N(Cc1ccc(Cl)c(Cl)c1)OC(=O)C(O)C(O)C(O)C(O)CO. The number of halogens is 2. The van der Waals surface area contributed by atoms with E-state index in [0.717, 1.165) is 37.2 Å². The standard InChI is InChI=1S/C23H37Cl2N5O7/c1-2-3-4-5-6-7-10-28-22(26)29-23(27)30(12-14-8-9-15(24)16(25)11-14)37-21(36)20(35)19(34)18(33)17(32)13-31/h8-9,11,17-20,31-35H,2-7,10,12-13H2,1H3,(H4,26,27,28,29). The van der Waals surface area contributed by atoms with Gasteiger partial charge in [0.1, 0.15) is 18.3 Å². The average molecular weight is 566 g/mol. The molecule has 14 heteroatoms. The van der Waals surface area contributed by atoms with Crippen LogP contribution in [-0.4, -0.2) is 86.1 Å². The fraction of sp³-hybridized carbons (Fsp3) is 0.609. The molecule has 4 unspecified atom stereocenters. The minimum absolute atomic E-state index is 0.164. The monoisotopic (exact) mass is 565 g/mol. The highest BCUT2D eigenvalue weighted by atomic mass is 35.5. The molecule has 37 heavy (non-hydrogen) atoms. The summed E-state index contributed by atoms with van der Waals surface area (Å²) in [6.07, 6.45) is -1.92. The van der Waals surface area contributed by atoms with Gasteiger partial charge in [-0.1, -0.05) is 68.3 Å². The molecule has 1 aromatic carbocycles. The van der Waals surface area contributed by atoms with Crippen molar-refractivity contribution in [3.63, 3.8) is 0 Å². The van der Waals surface area contributed by atoms with E-state index in [1.807, 2.05) is 0 Å². The van der Waals surface area contributed by atoms with Gasteiger partial charge in [-0.3, -0.25) is 4.99 Å². The largest absolute Gasteiger partial charge is 0.394 e. The first-order valence-corrected chi connectivity index (χ1v) is 12.7. The number of carbonyl (C=O) groups excluding carboxylic acids is 1. The van der Waals surface area contributed by atoms with Crippen molar-refractivity contribution in [2.45, 2.75) is 76.4 Å². The van der Waals surface area contributed by atoms with Gasteiger partial charge in [0.05, 0.1) is 23.2 Å². The van der Waals surface area contributed by atoms with Crippen LogP contribution in [0.1, 0.15) is 51.0 Å². The summed E-state index contributed by atoms with van der Waals surface area (Å²) in [6, 6.07) is 4.57. The Balaban J connectivity index is 2.99. The van der Waals surface area contributed by atoms with E-state index in [4.69, 9.17) is 44.6 Å². The van der Waals surface area contributed by atoms with Crippen LogP contribution in [0.5, 0.6) is 0 Å². The van der Waals surface area contributed by atoms with Crippen LogP contribution in [0, 0.1) is 0 Å². The van der Waals surface area contributed by atoms with E-state index in [9.17, 15) is 25.2 Å². The van der Waals surface area contributed by atoms with E-state index >= 15 is 0 Å². The van der Waals surface area contributed by atoms with Crippen molar-refractivity contribution in [2.24, 2.45) is 21.5 Å². The number of benzene rings is 1. The quantitative estimate of drug-likeness (QED) is 0.0725. The molecule has 0 saturated heterocycles. The molecule has 1 aromatic rings. The minimum atomic E-state index is -2.31. The molecule has 4 atom stereocenters. The van der Waals surface area contributed by atoms with Gasteiger partial charge < -0.3 is 41.8 Å². The van der Waals surface area contributed by atoms with Crippen LogP contribution in [0.3, 0.4) is 0 Å². The first kappa shape index (κ1) is 32.8. The van der Waals surface area contributed by atoms with Gasteiger partial charge in [-0.15, -0.1) is 0 Å². The summed E-state index contributed by atoms with van der Waals surface area (Å²) in [7, 11) is 0. The Morgan fingerprint density at radius 2 is 1.68 bits per heavy atom. The Morgan fingerprint density at radius 3 is 2.30 bits per heavy atom. The highest BCUT2D eigenvalue weighted by Crippen LogP contribution is 2.23. The second-order valence-electron chi connectivity index (χ2n) is 8.35. The number of hydroxylamine groups is 2. The molecular weight excluding hydrogens is 529 g/mol. The average Bonchev–Trinajstić information content (AvgIpc) is 2.87. The van der Waals surface area contributed by atoms with Gasteiger partial charge in [0.25, 0.3) is 0 Å². The number of hydrogen-bond donors (Lipinski definition) is 7. The van der Waals surface area contributed by atoms with E-state index in [-0.39, 0.29) is 22.5 Å². The molecule has 0 aliphatic carbocycles. The lowest BCUT2D eigenvalue weighted by atomic mass is 10.0. The Bertz CT molecular complexity index is 906. The second kappa shape index (κ2) is 17.3. The van der Waals surface area contributed by atoms with Crippen LogP contribution >= 0.6 is 23.2 Å². The topological polar surface area (TPSA) is 207 Å². The molecular formula is C23H37Cl2N5O7. The van der Waals surface area contributed by atoms with E-state index in [2.05, 4.69) is 16.9 Å². The van der Waals surface area contributed by atoms with Gasteiger partial charge in [0.15, 0.2) is 6.10 Å². The number of guanidine groups is 2. The molecule has 0 fully saturated rings. The van der Waals surface area contributed by atoms with Crippen molar-refractivity contribution in [3.8, 4) is 0 Å². The van der Waals surface area contributed by atoms with Gasteiger partial charge in [-0.05, 0) is 24.1 Å². The molecule has 1 rings (SSSR count). The highest BCUT2D eigenvalue weighted by Gasteiger charge is 2.36. The van der Waals surface area contributed by atoms with Gasteiger partial charge in [0, 0.05) is 6.54 Å². The first-order valence-electron chi connectivity index (χ1n) is 11.9. The van der Waals surface area contributed by atoms with Crippen LogP contribution in [0.2, 0.25) is 10.0 Å². The molecule has 9 N–H and O–H groups in total. The minimum Gasteiger partial charge on any atom is -0.394 e. The lowest BCUT2D eigenvalue weighted by molar-refractivity contribution is -0.197. The van der Waals surface area contributed by atoms with Gasteiger partial charge in [-0.2, -0.15) is 10.1 Å². The Labute approximate surface area is 226 Å². The number of nitrogens with two attached hydrogens (primary N) is 2. The van der Waals surface area contributed by atoms with Crippen LogP contribution in [0.25, 0.3) is 0 Å². The molecule has 0 heterocycles. The zero-order valence-electron chi connectivity index (χ0n) is 20.7. The summed E-state index contributed by atoms with van der Waals surface area (Å²) in [5.74, 6) is -2.00. The molecule has 12 nitrogen and oxygen atoms in total. The predicted octanol–water partition coefficient (Wildman–Crippen LogP) is 0.679. The Morgan fingerprint density at radius 1 is 1.03 bits per heavy atom. The van der Waals surface area contributed by atoms with Crippen molar-refractivity contribution < 1.29 is 35.2 Å². The molecule has 0 radical (unpaired) electrons. The molecule has 0 aliphatic rings. The fourth-order valence-electron chi connectivity index (χ4n) is 3.08. The van der Waals surface area contributed by atoms with E-state index in [0.29, 0.717) is 12.1 Å². The molecule has 0 saturated carbocycles. The summed E-state index contributed by atoms with van der Waals surface area (Å²) >= 11 is 12.0. The zero-order valence-corrected chi connectivity index (χ0v) is 22.2. The van der Waals surface area contributed by atoms with Gasteiger partial charge in [-0.25, -0.2) is 4.79 Å². The summed E-state index contributed by atoms with van der Waals surface area (Å²) in [5.41, 5.74) is 12.3. The normalized spacial score (nSPS) is 15.7. The predicted molar refractivity (Wildman–Crippen MR) is 141 cm³/mol. The maximum absolute atomic E-state index is 12.5. The molecule has 210 valence electrons. The smallest absolute Gasteiger partial charge is 0.363 e. The number of aliphatic hydroxyl groups excluding tert-OH is 5. The summed E-state index contributed by atoms with van der Waals surface area (Å²) in [6.45, 7) is 1.44. The fourth-order valence-corrected chi connectivity index (χ4v) is 3.40. The third-order valence-electron chi connectivity index (χ3n) is 5.28.